The summed E-state index contributed by atoms with van der Waals surface area (Å²) >= 11 is 0. The first-order valence-corrected chi connectivity index (χ1v) is 7.02. The average molecular weight is 295 g/mol. The van der Waals surface area contributed by atoms with Crippen LogP contribution >= 0.6 is 0 Å². The number of benzene rings is 2. The van der Waals surface area contributed by atoms with Crippen molar-refractivity contribution in [3.8, 4) is 11.5 Å². The summed E-state index contributed by atoms with van der Waals surface area (Å²) < 4.78 is 10.4. The first kappa shape index (κ1) is 14.2. The van der Waals surface area contributed by atoms with Gasteiger partial charge in [-0.2, -0.15) is 0 Å². The Morgan fingerprint density at radius 2 is 1.82 bits per heavy atom. The van der Waals surface area contributed by atoms with Crippen LogP contribution in [0.2, 0.25) is 0 Å². The number of aromatic nitrogens is 1. The van der Waals surface area contributed by atoms with Gasteiger partial charge in [-0.1, -0.05) is 12.1 Å². The van der Waals surface area contributed by atoms with Crippen LogP contribution in [0.1, 0.15) is 15.9 Å². The molecule has 0 aliphatic carbocycles. The highest BCUT2D eigenvalue weighted by Crippen LogP contribution is 2.25. The monoisotopic (exact) mass is 295 g/mol. The molecule has 0 aliphatic rings. The van der Waals surface area contributed by atoms with E-state index in [2.05, 4.69) is 4.98 Å². The van der Waals surface area contributed by atoms with Crippen LogP contribution in [0.3, 0.4) is 0 Å². The number of ketones is 1. The second-order valence-corrected chi connectivity index (χ2v) is 5.07. The summed E-state index contributed by atoms with van der Waals surface area (Å²) in [7, 11) is 3.23. The summed E-state index contributed by atoms with van der Waals surface area (Å²) in [6.45, 7) is 0. The fourth-order valence-corrected chi connectivity index (χ4v) is 2.52. The van der Waals surface area contributed by atoms with Gasteiger partial charge in [-0.15, -0.1) is 0 Å². The standard InChI is InChI=1S/C18H17NO3/c1-21-13-5-3-4-12(8-13)9-18(20)16-11-19-17-7-6-14(22-2)10-15(16)17/h3-8,10-11,19H,9H2,1-2H3. The minimum atomic E-state index is 0.0627. The number of nitrogens with one attached hydrogen (secondary N) is 1. The number of aromatic amines is 1. The van der Waals surface area contributed by atoms with Gasteiger partial charge in [-0.25, -0.2) is 0 Å². The second kappa shape index (κ2) is 5.93. The number of hydrogen-bond donors (Lipinski definition) is 1. The summed E-state index contributed by atoms with van der Waals surface area (Å²) in [5.74, 6) is 1.56. The van der Waals surface area contributed by atoms with Crippen LogP contribution in [0, 0.1) is 0 Å². The van der Waals surface area contributed by atoms with Gasteiger partial charge in [0.05, 0.1) is 14.2 Å². The topological polar surface area (TPSA) is 51.3 Å². The first-order valence-electron chi connectivity index (χ1n) is 7.02. The Balaban J connectivity index is 1.91. The molecule has 0 aliphatic heterocycles. The Kier molecular flexibility index (Phi) is 3.83. The molecule has 0 radical (unpaired) electrons. The van der Waals surface area contributed by atoms with Crippen LogP contribution in [-0.2, 0) is 6.42 Å². The smallest absolute Gasteiger partial charge is 0.169 e. The summed E-state index contributed by atoms with van der Waals surface area (Å²) in [6.07, 6.45) is 2.09. The van der Waals surface area contributed by atoms with E-state index in [4.69, 9.17) is 9.47 Å². The zero-order valence-corrected chi connectivity index (χ0v) is 12.6. The molecule has 3 aromatic rings. The molecule has 4 heteroatoms. The number of H-pyrrole nitrogens is 1. The molecule has 0 amide bonds. The highest BCUT2D eigenvalue weighted by Gasteiger charge is 2.13. The number of Topliss-reactive ketones (excluding diaryl/α,β-unsaturated/α-hetero) is 1. The predicted octanol–water partition coefficient (Wildman–Crippen LogP) is 3.61. The molecule has 4 nitrogen and oxygen atoms in total. The van der Waals surface area contributed by atoms with E-state index in [1.165, 1.54) is 0 Å². The van der Waals surface area contributed by atoms with E-state index in [0.717, 1.165) is 28.0 Å². The molecule has 0 saturated carbocycles. The lowest BCUT2D eigenvalue weighted by molar-refractivity contribution is 0.0994. The van der Waals surface area contributed by atoms with E-state index in [1.54, 1.807) is 20.4 Å². The van der Waals surface area contributed by atoms with Gasteiger partial charge in [-0.3, -0.25) is 4.79 Å². The zero-order chi connectivity index (χ0) is 15.5. The lowest BCUT2D eigenvalue weighted by Gasteiger charge is -2.04. The Labute approximate surface area is 128 Å². The van der Waals surface area contributed by atoms with Crippen LogP contribution < -0.4 is 9.47 Å². The molecule has 0 spiro atoms. The van der Waals surface area contributed by atoms with Crippen LogP contribution in [0.4, 0.5) is 0 Å². The first-order chi connectivity index (χ1) is 10.7. The fourth-order valence-electron chi connectivity index (χ4n) is 2.52. The number of methoxy groups -OCH3 is 2. The van der Waals surface area contributed by atoms with Crippen molar-refractivity contribution in [3.63, 3.8) is 0 Å². The molecule has 0 atom stereocenters. The van der Waals surface area contributed by atoms with Crippen molar-refractivity contribution < 1.29 is 14.3 Å². The quantitative estimate of drug-likeness (QED) is 0.732. The van der Waals surface area contributed by atoms with Gasteiger partial charge >= 0.3 is 0 Å². The van der Waals surface area contributed by atoms with Crippen molar-refractivity contribution in [1.29, 1.82) is 0 Å². The van der Waals surface area contributed by atoms with E-state index in [0.29, 0.717) is 12.0 Å². The second-order valence-electron chi connectivity index (χ2n) is 5.07. The maximum atomic E-state index is 12.6. The van der Waals surface area contributed by atoms with Gasteiger partial charge in [0.2, 0.25) is 0 Å². The molecule has 1 heterocycles. The molecule has 1 N–H and O–H groups in total. The Morgan fingerprint density at radius 1 is 1.05 bits per heavy atom. The minimum absolute atomic E-state index is 0.0627. The largest absolute Gasteiger partial charge is 0.497 e. The number of carbonyl (C=O) groups excluding carboxylic acids is 1. The molecule has 0 unspecified atom stereocenters. The third kappa shape index (κ3) is 2.68. The van der Waals surface area contributed by atoms with Crippen molar-refractivity contribution in [2.24, 2.45) is 0 Å². The molecule has 0 bridgehead atoms. The molecular weight excluding hydrogens is 278 g/mol. The van der Waals surface area contributed by atoms with Gasteiger partial charge in [0, 0.05) is 29.1 Å². The predicted molar refractivity (Wildman–Crippen MR) is 85.9 cm³/mol. The maximum Gasteiger partial charge on any atom is 0.169 e. The van der Waals surface area contributed by atoms with Crippen LogP contribution in [0.15, 0.2) is 48.7 Å². The molecule has 2 aromatic carbocycles. The normalized spacial score (nSPS) is 10.6. The van der Waals surface area contributed by atoms with Gasteiger partial charge < -0.3 is 14.5 Å². The third-order valence-corrected chi connectivity index (χ3v) is 3.69. The van der Waals surface area contributed by atoms with E-state index >= 15 is 0 Å². The summed E-state index contributed by atoms with van der Waals surface area (Å²) in [6, 6.07) is 13.2. The number of rotatable bonds is 5. The van der Waals surface area contributed by atoms with E-state index < -0.39 is 0 Å². The molecule has 0 fully saturated rings. The van der Waals surface area contributed by atoms with Crippen LogP contribution in [-0.4, -0.2) is 25.0 Å². The molecule has 112 valence electrons. The summed E-state index contributed by atoms with van der Waals surface area (Å²) in [4.78, 5) is 15.7. The van der Waals surface area contributed by atoms with Crippen molar-refractivity contribution in [1.82, 2.24) is 4.98 Å². The molecule has 3 rings (SSSR count). The Morgan fingerprint density at radius 3 is 2.59 bits per heavy atom. The minimum Gasteiger partial charge on any atom is -0.497 e. The Bertz CT molecular complexity index is 820. The SMILES string of the molecule is COc1cccc(CC(=O)c2c[nH]c3ccc(OC)cc23)c1. The molecule has 1 aromatic heterocycles. The van der Waals surface area contributed by atoms with Crippen molar-refractivity contribution in [2.75, 3.05) is 14.2 Å². The van der Waals surface area contributed by atoms with Gasteiger partial charge in [0.1, 0.15) is 11.5 Å². The van der Waals surface area contributed by atoms with Crippen LogP contribution in [0.5, 0.6) is 11.5 Å². The fraction of sp³-hybridized carbons (Fsp3) is 0.167. The highest BCUT2D eigenvalue weighted by molar-refractivity contribution is 6.08. The highest BCUT2D eigenvalue weighted by atomic mass is 16.5. The zero-order valence-electron chi connectivity index (χ0n) is 12.6. The summed E-state index contributed by atoms with van der Waals surface area (Å²) in [5, 5.41) is 0.882. The molecular formula is C18H17NO3. The van der Waals surface area contributed by atoms with Gasteiger partial charge in [-0.05, 0) is 35.9 Å². The summed E-state index contributed by atoms with van der Waals surface area (Å²) in [5.41, 5.74) is 2.54. The number of fused-ring (bicyclic) bond motifs is 1. The van der Waals surface area contributed by atoms with E-state index in [1.807, 2.05) is 42.5 Å². The van der Waals surface area contributed by atoms with E-state index in [-0.39, 0.29) is 5.78 Å². The van der Waals surface area contributed by atoms with Crippen molar-refractivity contribution in [3.05, 3.63) is 59.8 Å². The van der Waals surface area contributed by atoms with Gasteiger partial charge in [0.15, 0.2) is 5.78 Å². The third-order valence-electron chi connectivity index (χ3n) is 3.69. The van der Waals surface area contributed by atoms with Crippen molar-refractivity contribution >= 4 is 16.7 Å². The van der Waals surface area contributed by atoms with Crippen molar-refractivity contribution in [2.45, 2.75) is 6.42 Å². The lowest BCUT2D eigenvalue weighted by atomic mass is 10.0. The van der Waals surface area contributed by atoms with E-state index in [9.17, 15) is 4.79 Å². The number of carbonyl (C=O) groups is 1. The van der Waals surface area contributed by atoms with Gasteiger partial charge in [0.25, 0.3) is 0 Å². The molecule has 22 heavy (non-hydrogen) atoms. The number of ether oxygens (including phenoxy) is 2. The Hall–Kier alpha value is -2.75. The molecule has 0 saturated heterocycles. The lowest BCUT2D eigenvalue weighted by Crippen LogP contribution is -2.03. The average Bonchev–Trinajstić information content (AvgIpc) is 2.98. The maximum absolute atomic E-state index is 12.6. The number of hydrogen-bond acceptors (Lipinski definition) is 3. The van der Waals surface area contributed by atoms with Crippen LogP contribution in [0.25, 0.3) is 10.9 Å².